The zero-order chi connectivity index (χ0) is 19.3. The van der Waals surface area contributed by atoms with Gasteiger partial charge in [-0.05, 0) is 42.2 Å². The molecule has 0 amide bonds. The average molecular weight is 374 g/mol. The summed E-state index contributed by atoms with van der Waals surface area (Å²) in [5.41, 5.74) is 3.25. The van der Waals surface area contributed by atoms with E-state index in [0.717, 1.165) is 29.7 Å². The Bertz CT molecular complexity index is 948. The van der Waals surface area contributed by atoms with Gasteiger partial charge in [-0.3, -0.25) is 4.79 Å². The van der Waals surface area contributed by atoms with E-state index in [0.29, 0.717) is 12.4 Å². The molecule has 28 heavy (non-hydrogen) atoms. The van der Waals surface area contributed by atoms with Crippen molar-refractivity contribution in [3.8, 4) is 17.2 Å². The van der Waals surface area contributed by atoms with E-state index in [-0.39, 0.29) is 24.1 Å². The molecule has 4 nitrogen and oxygen atoms in total. The molecule has 4 rings (SSSR count). The summed E-state index contributed by atoms with van der Waals surface area (Å²) in [5, 5.41) is 9.64. The Balaban J connectivity index is 1.39. The molecule has 1 aliphatic rings. The number of hydrogen-bond acceptors (Lipinski definition) is 4. The van der Waals surface area contributed by atoms with Crippen molar-refractivity contribution in [1.82, 2.24) is 0 Å². The zero-order valence-electron chi connectivity index (χ0n) is 15.5. The van der Waals surface area contributed by atoms with Gasteiger partial charge in [0, 0.05) is 17.5 Å². The van der Waals surface area contributed by atoms with E-state index in [2.05, 4.69) is 24.3 Å². The molecule has 3 aromatic carbocycles. The molecule has 1 aliphatic heterocycles. The number of aromatic hydroxyl groups is 1. The molecule has 0 radical (unpaired) electrons. The van der Waals surface area contributed by atoms with Gasteiger partial charge in [-0.15, -0.1) is 0 Å². The summed E-state index contributed by atoms with van der Waals surface area (Å²) in [6.07, 6.45) is 2.24. The molecule has 1 N–H and O–H groups in total. The quantitative estimate of drug-likeness (QED) is 0.381. The topological polar surface area (TPSA) is 55.8 Å². The number of esters is 1. The van der Waals surface area contributed by atoms with Crippen LogP contribution >= 0.6 is 0 Å². The largest absolute Gasteiger partial charge is 0.508 e. The standard InChI is InChI=1S/C24H22O4/c25-19-10-13-21-22(16-24(26)28-23(21)15-19)18-8-11-20(12-9-18)27-14-4-7-17-5-2-1-3-6-17/h1-3,5-6,8-13,15,22,25H,4,7,14,16H2. The van der Waals surface area contributed by atoms with Crippen LogP contribution in [-0.4, -0.2) is 17.7 Å². The highest BCUT2D eigenvalue weighted by molar-refractivity contribution is 5.78. The third-order valence-electron chi connectivity index (χ3n) is 4.97. The van der Waals surface area contributed by atoms with Gasteiger partial charge < -0.3 is 14.6 Å². The van der Waals surface area contributed by atoms with Gasteiger partial charge in [0.05, 0.1) is 13.0 Å². The molecule has 0 aromatic heterocycles. The fourth-order valence-corrected chi connectivity index (χ4v) is 3.55. The molecular formula is C24H22O4. The number of fused-ring (bicyclic) bond motifs is 1. The monoisotopic (exact) mass is 374 g/mol. The van der Waals surface area contributed by atoms with E-state index in [4.69, 9.17) is 9.47 Å². The molecule has 0 saturated carbocycles. The van der Waals surface area contributed by atoms with Crippen LogP contribution in [0.1, 0.15) is 35.4 Å². The molecule has 0 saturated heterocycles. The van der Waals surface area contributed by atoms with Crippen molar-refractivity contribution in [3.63, 3.8) is 0 Å². The summed E-state index contributed by atoms with van der Waals surface area (Å²) in [6, 6.07) is 23.2. The van der Waals surface area contributed by atoms with Crippen LogP contribution in [0.15, 0.2) is 72.8 Å². The van der Waals surface area contributed by atoms with Gasteiger partial charge in [0.1, 0.15) is 17.2 Å². The Morgan fingerprint density at radius 3 is 2.57 bits per heavy atom. The van der Waals surface area contributed by atoms with E-state index < -0.39 is 0 Å². The number of phenols is 1. The van der Waals surface area contributed by atoms with Crippen molar-refractivity contribution in [1.29, 1.82) is 0 Å². The Hall–Kier alpha value is -3.27. The highest BCUT2D eigenvalue weighted by Gasteiger charge is 2.28. The lowest BCUT2D eigenvalue weighted by molar-refractivity contribution is -0.135. The number of phenolic OH excluding ortho intramolecular Hbond substituents is 1. The predicted octanol–water partition coefficient (Wildman–Crippen LogP) is 4.84. The summed E-state index contributed by atoms with van der Waals surface area (Å²) in [6.45, 7) is 0.659. The van der Waals surface area contributed by atoms with E-state index in [1.807, 2.05) is 36.4 Å². The average Bonchev–Trinajstić information content (AvgIpc) is 2.71. The number of carbonyl (C=O) groups excluding carboxylic acids is 1. The van der Waals surface area contributed by atoms with Gasteiger partial charge in [-0.25, -0.2) is 0 Å². The van der Waals surface area contributed by atoms with Crippen molar-refractivity contribution >= 4 is 5.97 Å². The van der Waals surface area contributed by atoms with Gasteiger partial charge >= 0.3 is 5.97 Å². The van der Waals surface area contributed by atoms with Crippen molar-refractivity contribution in [2.24, 2.45) is 0 Å². The highest BCUT2D eigenvalue weighted by Crippen LogP contribution is 2.40. The van der Waals surface area contributed by atoms with Gasteiger partial charge in [-0.1, -0.05) is 48.5 Å². The van der Waals surface area contributed by atoms with E-state index in [9.17, 15) is 9.90 Å². The molecule has 0 fully saturated rings. The van der Waals surface area contributed by atoms with Crippen LogP contribution in [0.3, 0.4) is 0 Å². The number of benzene rings is 3. The second-order valence-electron chi connectivity index (χ2n) is 6.96. The smallest absolute Gasteiger partial charge is 0.312 e. The Morgan fingerprint density at radius 1 is 1.00 bits per heavy atom. The minimum absolute atomic E-state index is 0.0796. The third kappa shape index (κ3) is 4.17. The molecular weight excluding hydrogens is 352 g/mol. The first kappa shape index (κ1) is 18.1. The maximum atomic E-state index is 12.0. The fourth-order valence-electron chi connectivity index (χ4n) is 3.55. The predicted molar refractivity (Wildman–Crippen MR) is 107 cm³/mol. The van der Waals surface area contributed by atoms with Crippen LogP contribution in [-0.2, 0) is 11.2 Å². The normalized spacial score (nSPS) is 15.6. The molecule has 1 atom stereocenters. The highest BCUT2D eigenvalue weighted by atomic mass is 16.5. The molecule has 0 aliphatic carbocycles. The van der Waals surface area contributed by atoms with Gasteiger partial charge in [0.25, 0.3) is 0 Å². The second kappa shape index (κ2) is 8.17. The maximum absolute atomic E-state index is 12.0. The van der Waals surface area contributed by atoms with Crippen LogP contribution in [0.2, 0.25) is 0 Å². The zero-order valence-corrected chi connectivity index (χ0v) is 15.5. The van der Waals surface area contributed by atoms with E-state index in [1.165, 1.54) is 11.6 Å². The maximum Gasteiger partial charge on any atom is 0.312 e. The lowest BCUT2D eigenvalue weighted by Crippen LogP contribution is -2.20. The van der Waals surface area contributed by atoms with Crippen molar-refractivity contribution in [2.45, 2.75) is 25.2 Å². The minimum Gasteiger partial charge on any atom is -0.508 e. The second-order valence-corrected chi connectivity index (χ2v) is 6.96. The molecule has 4 heteroatoms. The minimum atomic E-state index is -0.288. The number of rotatable bonds is 6. The molecule has 0 bridgehead atoms. The van der Waals surface area contributed by atoms with Crippen LogP contribution in [0.4, 0.5) is 0 Å². The Labute approximate surface area is 164 Å². The third-order valence-corrected chi connectivity index (χ3v) is 4.97. The number of aryl methyl sites for hydroxylation is 1. The van der Waals surface area contributed by atoms with Crippen LogP contribution in [0.5, 0.6) is 17.2 Å². The van der Waals surface area contributed by atoms with Gasteiger partial charge in [0.2, 0.25) is 0 Å². The molecule has 142 valence electrons. The van der Waals surface area contributed by atoms with Crippen molar-refractivity contribution in [2.75, 3.05) is 6.61 Å². The van der Waals surface area contributed by atoms with Gasteiger partial charge in [0.15, 0.2) is 0 Å². The first-order valence-corrected chi connectivity index (χ1v) is 9.49. The number of hydrogen-bond donors (Lipinski definition) is 1. The first-order valence-electron chi connectivity index (χ1n) is 9.49. The Kier molecular flexibility index (Phi) is 5.29. The van der Waals surface area contributed by atoms with E-state index >= 15 is 0 Å². The molecule has 1 unspecified atom stereocenters. The SMILES string of the molecule is O=C1CC(c2ccc(OCCCc3ccccc3)cc2)c2ccc(O)cc2O1. The fraction of sp³-hybridized carbons (Fsp3) is 0.208. The summed E-state index contributed by atoms with van der Waals surface area (Å²) in [5.74, 6) is 0.975. The number of carbonyl (C=O) groups is 1. The summed E-state index contributed by atoms with van der Waals surface area (Å²) < 4.78 is 11.1. The Morgan fingerprint density at radius 2 is 1.79 bits per heavy atom. The number of ether oxygens (including phenoxy) is 2. The van der Waals surface area contributed by atoms with Crippen molar-refractivity contribution in [3.05, 3.63) is 89.5 Å². The van der Waals surface area contributed by atoms with Gasteiger partial charge in [-0.2, -0.15) is 0 Å². The molecule has 1 heterocycles. The molecule has 3 aromatic rings. The van der Waals surface area contributed by atoms with E-state index in [1.54, 1.807) is 6.07 Å². The lowest BCUT2D eigenvalue weighted by atomic mass is 9.86. The van der Waals surface area contributed by atoms with Crippen LogP contribution in [0, 0.1) is 0 Å². The summed E-state index contributed by atoms with van der Waals surface area (Å²) >= 11 is 0. The van der Waals surface area contributed by atoms with Crippen LogP contribution < -0.4 is 9.47 Å². The molecule has 0 spiro atoms. The first-order chi connectivity index (χ1) is 13.7. The lowest BCUT2D eigenvalue weighted by Gasteiger charge is -2.25. The summed E-state index contributed by atoms with van der Waals surface area (Å²) in [4.78, 5) is 12.0. The van der Waals surface area contributed by atoms with Crippen molar-refractivity contribution < 1.29 is 19.4 Å². The van der Waals surface area contributed by atoms with Crippen LogP contribution in [0.25, 0.3) is 0 Å². The summed E-state index contributed by atoms with van der Waals surface area (Å²) in [7, 11) is 0.